The van der Waals surface area contributed by atoms with Crippen molar-refractivity contribution in [2.24, 2.45) is 5.41 Å². The van der Waals surface area contributed by atoms with E-state index in [9.17, 15) is 18.0 Å². The van der Waals surface area contributed by atoms with Crippen LogP contribution in [0.15, 0.2) is 47.6 Å². The predicted octanol–water partition coefficient (Wildman–Crippen LogP) is 5.73. The number of anilines is 1. The first-order valence-corrected chi connectivity index (χ1v) is 7.96. The van der Waals surface area contributed by atoms with Crippen LogP contribution in [0, 0.1) is 5.41 Å². The lowest BCUT2D eigenvalue weighted by Crippen LogP contribution is -2.19. The SMILES string of the molecule is CC1=C(/C=C/C(=O)Nc2ccc(C(F)(F)F)cc2)C(C)(C)CCC1. The molecule has 2 nitrogen and oxygen atoms in total. The Labute approximate surface area is 140 Å². The number of allylic oxidation sites excluding steroid dienone is 3. The number of rotatable bonds is 3. The lowest BCUT2D eigenvalue weighted by atomic mass is 9.72. The summed E-state index contributed by atoms with van der Waals surface area (Å²) >= 11 is 0. The van der Waals surface area contributed by atoms with Gasteiger partial charge in [0, 0.05) is 11.8 Å². The van der Waals surface area contributed by atoms with Crippen LogP contribution >= 0.6 is 0 Å². The number of benzene rings is 1. The lowest BCUT2D eigenvalue weighted by Gasteiger charge is -2.32. The maximum Gasteiger partial charge on any atom is 0.416 e. The average Bonchev–Trinajstić information content (AvgIpc) is 2.45. The first-order valence-electron chi connectivity index (χ1n) is 7.96. The summed E-state index contributed by atoms with van der Waals surface area (Å²) in [7, 11) is 0. The summed E-state index contributed by atoms with van der Waals surface area (Å²) < 4.78 is 37.5. The van der Waals surface area contributed by atoms with Gasteiger partial charge in [0.25, 0.3) is 0 Å². The Morgan fingerprint density at radius 2 is 1.83 bits per heavy atom. The zero-order chi connectivity index (χ0) is 18.0. The number of carbonyl (C=O) groups is 1. The van der Waals surface area contributed by atoms with E-state index >= 15 is 0 Å². The number of amides is 1. The van der Waals surface area contributed by atoms with Crippen LogP contribution in [0.5, 0.6) is 0 Å². The van der Waals surface area contributed by atoms with Gasteiger partial charge in [-0.3, -0.25) is 4.79 Å². The van der Waals surface area contributed by atoms with Crippen LogP contribution in [-0.4, -0.2) is 5.91 Å². The molecule has 0 radical (unpaired) electrons. The van der Waals surface area contributed by atoms with Crippen molar-refractivity contribution in [3.63, 3.8) is 0 Å². The van der Waals surface area contributed by atoms with Gasteiger partial charge in [-0.1, -0.05) is 25.5 Å². The summed E-state index contributed by atoms with van der Waals surface area (Å²) in [6, 6.07) is 4.42. The molecule has 0 bridgehead atoms. The van der Waals surface area contributed by atoms with Crippen LogP contribution < -0.4 is 5.32 Å². The highest BCUT2D eigenvalue weighted by molar-refractivity contribution is 5.99. The second-order valence-electron chi connectivity index (χ2n) is 6.83. The standard InChI is InChI=1S/C19H22F3NO/c1-13-5-4-12-18(2,3)16(13)10-11-17(24)23-15-8-6-14(7-9-15)19(20,21)22/h6-11H,4-5,12H2,1-3H3,(H,23,24)/b11-10+. The summed E-state index contributed by atoms with van der Waals surface area (Å²) in [6.07, 6.45) is 2.15. The molecule has 0 heterocycles. The molecular formula is C19H22F3NO. The molecule has 1 N–H and O–H groups in total. The number of carbonyl (C=O) groups excluding carboxylic acids is 1. The molecule has 0 saturated carbocycles. The van der Waals surface area contributed by atoms with E-state index in [1.807, 2.05) is 6.08 Å². The fraction of sp³-hybridized carbons (Fsp3) is 0.421. The Kier molecular flexibility index (Phi) is 5.21. The molecule has 1 aliphatic carbocycles. The van der Waals surface area contributed by atoms with Gasteiger partial charge in [-0.2, -0.15) is 13.2 Å². The maximum atomic E-state index is 12.5. The Balaban J connectivity index is 2.05. The summed E-state index contributed by atoms with van der Waals surface area (Å²) in [5.74, 6) is -0.351. The number of hydrogen-bond acceptors (Lipinski definition) is 1. The Morgan fingerprint density at radius 1 is 1.21 bits per heavy atom. The molecule has 0 saturated heterocycles. The molecule has 0 unspecified atom stereocenters. The average molecular weight is 337 g/mol. The fourth-order valence-electron chi connectivity index (χ4n) is 3.10. The Morgan fingerprint density at radius 3 is 2.38 bits per heavy atom. The molecule has 0 atom stereocenters. The fourth-order valence-corrected chi connectivity index (χ4v) is 3.10. The molecule has 1 aliphatic rings. The minimum atomic E-state index is -4.38. The molecule has 24 heavy (non-hydrogen) atoms. The molecular weight excluding hydrogens is 315 g/mol. The zero-order valence-corrected chi connectivity index (χ0v) is 14.1. The third kappa shape index (κ3) is 4.49. The summed E-state index contributed by atoms with van der Waals surface area (Å²) in [5, 5.41) is 2.59. The minimum absolute atomic E-state index is 0.0352. The monoisotopic (exact) mass is 337 g/mol. The topological polar surface area (TPSA) is 29.1 Å². The predicted molar refractivity (Wildman–Crippen MR) is 89.5 cm³/mol. The highest BCUT2D eigenvalue weighted by Crippen LogP contribution is 2.40. The van der Waals surface area contributed by atoms with E-state index in [4.69, 9.17) is 0 Å². The number of alkyl halides is 3. The normalized spacial score (nSPS) is 18.1. The largest absolute Gasteiger partial charge is 0.416 e. The first kappa shape index (κ1) is 18.3. The van der Waals surface area contributed by atoms with Gasteiger partial charge in [-0.15, -0.1) is 0 Å². The highest BCUT2D eigenvalue weighted by Gasteiger charge is 2.30. The van der Waals surface area contributed by atoms with Gasteiger partial charge in [-0.25, -0.2) is 0 Å². The van der Waals surface area contributed by atoms with Crippen LogP contribution in [0.25, 0.3) is 0 Å². The third-order valence-corrected chi connectivity index (χ3v) is 4.42. The number of halogens is 3. The van der Waals surface area contributed by atoms with Crippen LogP contribution in [-0.2, 0) is 11.0 Å². The van der Waals surface area contributed by atoms with Gasteiger partial charge in [0.2, 0.25) is 5.91 Å². The van der Waals surface area contributed by atoms with Crippen molar-refractivity contribution >= 4 is 11.6 Å². The van der Waals surface area contributed by atoms with Crippen LogP contribution in [0.4, 0.5) is 18.9 Å². The van der Waals surface area contributed by atoms with E-state index in [0.29, 0.717) is 5.69 Å². The van der Waals surface area contributed by atoms with Crippen molar-refractivity contribution in [3.8, 4) is 0 Å². The van der Waals surface area contributed by atoms with E-state index < -0.39 is 11.7 Å². The van der Waals surface area contributed by atoms with E-state index in [0.717, 1.165) is 37.0 Å². The van der Waals surface area contributed by atoms with Gasteiger partial charge in [-0.05, 0) is 61.4 Å². The molecule has 0 aromatic heterocycles. The second-order valence-corrected chi connectivity index (χ2v) is 6.83. The molecule has 0 fully saturated rings. The van der Waals surface area contributed by atoms with Crippen molar-refractivity contribution in [3.05, 3.63) is 53.1 Å². The van der Waals surface area contributed by atoms with Gasteiger partial charge < -0.3 is 5.32 Å². The highest BCUT2D eigenvalue weighted by atomic mass is 19.4. The summed E-state index contributed by atoms with van der Waals surface area (Å²) in [6.45, 7) is 6.39. The number of hydrogen-bond donors (Lipinski definition) is 1. The summed E-state index contributed by atoms with van der Waals surface area (Å²) in [4.78, 5) is 12.0. The lowest BCUT2D eigenvalue weighted by molar-refractivity contribution is -0.137. The first-order chi connectivity index (χ1) is 11.1. The van der Waals surface area contributed by atoms with E-state index in [2.05, 4.69) is 26.1 Å². The third-order valence-electron chi connectivity index (χ3n) is 4.42. The zero-order valence-electron chi connectivity index (χ0n) is 14.1. The maximum absolute atomic E-state index is 12.5. The van der Waals surface area contributed by atoms with E-state index in [-0.39, 0.29) is 11.3 Å². The van der Waals surface area contributed by atoms with Crippen LogP contribution in [0.1, 0.15) is 45.6 Å². The van der Waals surface area contributed by atoms with Gasteiger partial charge >= 0.3 is 6.18 Å². The van der Waals surface area contributed by atoms with Crippen molar-refractivity contribution in [2.75, 3.05) is 5.32 Å². The molecule has 0 spiro atoms. The molecule has 5 heteroatoms. The van der Waals surface area contributed by atoms with Crippen LogP contribution in [0.3, 0.4) is 0 Å². The van der Waals surface area contributed by atoms with Crippen molar-refractivity contribution in [1.29, 1.82) is 0 Å². The van der Waals surface area contributed by atoms with Gasteiger partial charge in [0.1, 0.15) is 0 Å². The van der Waals surface area contributed by atoms with Crippen LogP contribution in [0.2, 0.25) is 0 Å². The van der Waals surface area contributed by atoms with E-state index in [1.54, 1.807) is 0 Å². The van der Waals surface area contributed by atoms with Gasteiger partial charge in [0.15, 0.2) is 0 Å². The molecule has 1 aromatic rings. The molecule has 0 aliphatic heterocycles. The van der Waals surface area contributed by atoms with Gasteiger partial charge in [0.05, 0.1) is 5.56 Å². The number of nitrogens with one attached hydrogen (secondary N) is 1. The minimum Gasteiger partial charge on any atom is -0.323 e. The van der Waals surface area contributed by atoms with Crippen molar-refractivity contribution in [2.45, 2.75) is 46.2 Å². The quantitative estimate of drug-likeness (QED) is 0.702. The van der Waals surface area contributed by atoms with E-state index in [1.165, 1.54) is 23.8 Å². The smallest absolute Gasteiger partial charge is 0.323 e. The second kappa shape index (κ2) is 6.83. The Bertz CT molecular complexity index is 667. The van der Waals surface area contributed by atoms with Crippen molar-refractivity contribution < 1.29 is 18.0 Å². The molecule has 1 aromatic carbocycles. The molecule has 1 amide bonds. The Hall–Kier alpha value is -2.04. The van der Waals surface area contributed by atoms with Crippen molar-refractivity contribution in [1.82, 2.24) is 0 Å². The summed E-state index contributed by atoms with van der Waals surface area (Å²) in [5.41, 5.74) is 2.08. The molecule has 130 valence electrons. The molecule has 2 rings (SSSR count).